The Hall–Kier alpha value is -2.55. The van der Waals surface area contributed by atoms with Crippen LogP contribution in [0.1, 0.15) is 37.8 Å². The number of alkyl halides is 3. The van der Waals surface area contributed by atoms with E-state index >= 15 is 0 Å². The molecule has 0 unspecified atom stereocenters. The molecule has 0 aromatic heterocycles. The van der Waals surface area contributed by atoms with E-state index in [0.717, 1.165) is 12.1 Å². The monoisotopic (exact) mass is 384 g/mol. The molecular weight excluding hydrogens is 365 g/mol. The molecule has 0 aliphatic carbocycles. The number of amides is 2. The number of carbonyl (C=O) groups is 2. The standard InChI is InChI=1S/C18H19F3N2O4/c1-17(2)13(9-22(26)10-24)16(23-7-3-4-15(23)25)12-8-11(18(19,20)21)5-6-14(12)27-17/h5-6,8,10,26H,3-4,7,9H2,1-2H3. The molecule has 0 spiro atoms. The smallest absolute Gasteiger partial charge is 0.416 e. The molecule has 2 amide bonds. The van der Waals surface area contributed by atoms with E-state index in [-0.39, 0.29) is 42.3 Å². The van der Waals surface area contributed by atoms with Crippen molar-refractivity contribution in [1.29, 1.82) is 0 Å². The summed E-state index contributed by atoms with van der Waals surface area (Å²) in [5, 5.41) is 10.1. The van der Waals surface area contributed by atoms with Crippen molar-refractivity contribution in [3.63, 3.8) is 0 Å². The Labute approximate surface area is 153 Å². The van der Waals surface area contributed by atoms with Crippen molar-refractivity contribution in [3.8, 4) is 5.75 Å². The molecule has 0 radical (unpaired) electrons. The van der Waals surface area contributed by atoms with Gasteiger partial charge in [0, 0.05) is 24.1 Å². The lowest BCUT2D eigenvalue weighted by molar-refractivity contribution is -0.148. The summed E-state index contributed by atoms with van der Waals surface area (Å²) >= 11 is 0. The quantitative estimate of drug-likeness (QED) is 0.492. The molecule has 146 valence electrons. The molecule has 2 aliphatic heterocycles. The number of hydrogen-bond donors (Lipinski definition) is 1. The van der Waals surface area contributed by atoms with Gasteiger partial charge in [0.25, 0.3) is 0 Å². The van der Waals surface area contributed by atoms with Crippen LogP contribution in [0.3, 0.4) is 0 Å². The average molecular weight is 384 g/mol. The first kappa shape index (κ1) is 19.2. The van der Waals surface area contributed by atoms with Crippen LogP contribution in [-0.4, -0.2) is 46.2 Å². The molecular formula is C18H19F3N2O4. The molecule has 1 aromatic carbocycles. The molecule has 1 N–H and O–H groups in total. The van der Waals surface area contributed by atoms with Crippen LogP contribution in [0.2, 0.25) is 0 Å². The minimum atomic E-state index is -4.56. The second-order valence-electron chi connectivity index (χ2n) is 7.00. The molecule has 1 saturated heterocycles. The first-order chi connectivity index (χ1) is 12.5. The van der Waals surface area contributed by atoms with Crippen molar-refractivity contribution >= 4 is 18.0 Å². The first-order valence-corrected chi connectivity index (χ1v) is 8.40. The highest BCUT2D eigenvalue weighted by Gasteiger charge is 2.41. The zero-order valence-corrected chi connectivity index (χ0v) is 14.8. The van der Waals surface area contributed by atoms with Crippen LogP contribution < -0.4 is 4.74 Å². The van der Waals surface area contributed by atoms with E-state index in [0.29, 0.717) is 23.6 Å². The average Bonchev–Trinajstić information content (AvgIpc) is 2.99. The second-order valence-corrected chi connectivity index (χ2v) is 7.00. The van der Waals surface area contributed by atoms with Crippen molar-refractivity contribution < 1.29 is 32.7 Å². The summed E-state index contributed by atoms with van der Waals surface area (Å²) in [6.07, 6.45) is -3.52. The number of nitrogens with zero attached hydrogens (tertiary/aromatic N) is 2. The Morgan fingerprint density at radius 1 is 1.37 bits per heavy atom. The van der Waals surface area contributed by atoms with Gasteiger partial charge in [0.15, 0.2) is 0 Å². The third kappa shape index (κ3) is 3.51. The molecule has 2 heterocycles. The van der Waals surface area contributed by atoms with Crippen LogP contribution in [-0.2, 0) is 15.8 Å². The topological polar surface area (TPSA) is 70.1 Å². The van der Waals surface area contributed by atoms with Crippen molar-refractivity contribution in [1.82, 2.24) is 9.96 Å². The van der Waals surface area contributed by atoms with E-state index in [1.165, 1.54) is 11.0 Å². The fraction of sp³-hybridized carbons (Fsp3) is 0.444. The summed E-state index contributed by atoms with van der Waals surface area (Å²) in [6, 6.07) is 3.09. The molecule has 3 rings (SSSR count). The van der Waals surface area contributed by atoms with Crippen LogP contribution in [0.15, 0.2) is 23.8 Å². The Bertz CT molecular complexity index is 817. The SMILES string of the molecule is CC1(C)Oc2ccc(C(F)(F)F)cc2C(N2CCCC2=O)=C1CN(O)C=O. The Morgan fingerprint density at radius 3 is 2.63 bits per heavy atom. The van der Waals surface area contributed by atoms with Gasteiger partial charge in [-0.1, -0.05) is 0 Å². The Kier molecular flexibility index (Phi) is 4.67. The van der Waals surface area contributed by atoms with E-state index in [1.807, 2.05) is 0 Å². The molecule has 0 bridgehead atoms. The third-order valence-electron chi connectivity index (χ3n) is 4.72. The highest BCUT2D eigenvalue weighted by molar-refractivity contribution is 5.91. The summed E-state index contributed by atoms with van der Waals surface area (Å²) in [5.74, 6) is -0.0128. The number of rotatable bonds is 4. The zero-order chi connectivity index (χ0) is 20.0. The predicted octanol–water partition coefficient (Wildman–Crippen LogP) is 3.06. The summed E-state index contributed by atoms with van der Waals surface area (Å²) in [4.78, 5) is 24.7. The van der Waals surface area contributed by atoms with Gasteiger partial charge in [0.1, 0.15) is 11.4 Å². The molecule has 9 heteroatoms. The fourth-order valence-electron chi connectivity index (χ4n) is 3.42. The summed E-state index contributed by atoms with van der Waals surface area (Å²) in [7, 11) is 0. The van der Waals surface area contributed by atoms with E-state index in [4.69, 9.17) is 4.74 Å². The molecule has 1 aromatic rings. The maximum atomic E-state index is 13.2. The van der Waals surface area contributed by atoms with Gasteiger partial charge in [-0.2, -0.15) is 13.2 Å². The third-order valence-corrected chi connectivity index (χ3v) is 4.72. The molecule has 6 nitrogen and oxygen atoms in total. The molecule has 2 aliphatic rings. The second kappa shape index (κ2) is 6.56. The largest absolute Gasteiger partial charge is 0.483 e. The van der Waals surface area contributed by atoms with Gasteiger partial charge in [0.05, 0.1) is 17.8 Å². The number of fused-ring (bicyclic) bond motifs is 1. The van der Waals surface area contributed by atoms with Crippen molar-refractivity contribution in [3.05, 3.63) is 34.9 Å². The maximum absolute atomic E-state index is 13.2. The summed E-state index contributed by atoms with van der Waals surface area (Å²) < 4.78 is 45.5. The highest BCUT2D eigenvalue weighted by atomic mass is 19.4. The van der Waals surface area contributed by atoms with Crippen molar-refractivity contribution in [2.45, 2.75) is 38.5 Å². The van der Waals surface area contributed by atoms with Crippen molar-refractivity contribution in [2.75, 3.05) is 13.1 Å². The van der Waals surface area contributed by atoms with Gasteiger partial charge in [-0.15, -0.1) is 0 Å². The van der Waals surface area contributed by atoms with Crippen LogP contribution in [0, 0.1) is 0 Å². The summed E-state index contributed by atoms with van der Waals surface area (Å²) in [5.41, 5.74) is -1.19. The maximum Gasteiger partial charge on any atom is 0.416 e. The molecule has 0 atom stereocenters. The highest BCUT2D eigenvalue weighted by Crippen LogP contribution is 2.45. The van der Waals surface area contributed by atoms with Crippen LogP contribution in [0.5, 0.6) is 5.75 Å². The van der Waals surface area contributed by atoms with E-state index in [9.17, 15) is 28.0 Å². The van der Waals surface area contributed by atoms with Gasteiger partial charge in [-0.25, -0.2) is 5.06 Å². The lowest BCUT2D eigenvalue weighted by Gasteiger charge is -2.40. The number of ether oxygens (including phenoxy) is 1. The fourth-order valence-corrected chi connectivity index (χ4v) is 3.42. The number of likely N-dealkylation sites (tertiary alicyclic amines) is 1. The number of carbonyl (C=O) groups excluding carboxylic acids is 2. The number of hydrogen-bond acceptors (Lipinski definition) is 4. The number of benzene rings is 1. The van der Waals surface area contributed by atoms with Crippen LogP contribution in [0.4, 0.5) is 13.2 Å². The zero-order valence-electron chi connectivity index (χ0n) is 14.8. The Morgan fingerprint density at radius 2 is 2.07 bits per heavy atom. The van der Waals surface area contributed by atoms with Crippen LogP contribution in [0.25, 0.3) is 5.70 Å². The predicted molar refractivity (Wildman–Crippen MR) is 88.6 cm³/mol. The van der Waals surface area contributed by atoms with E-state index < -0.39 is 17.3 Å². The lowest BCUT2D eigenvalue weighted by Crippen LogP contribution is -2.43. The first-order valence-electron chi connectivity index (χ1n) is 8.40. The van der Waals surface area contributed by atoms with Crippen molar-refractivity contribution in [2.24, 2.45) is 0 Å². The molecule has 1 fully saturated rings. The van der Waals surface area contributed by atoms with Gasteiger partial charge in [-0.3, -0.25) is 14.8 Å². The van der Waals surface area contributed by atoms with Gasteiger partial charge >= 0.3 is 6.18 Å². The van der Waals surface area contributed by atoms with E-state index in [1.54, 1.807) is 13.8 Å². The number of hydroxylamine groups is 2. The van der Waals surface area contributed by atoms with Gasteiger partial charge in [-0.05, 0) is 38.5 Å². The minimum Gasteiger partial charge on any atom is -0.483 e. The molecule has 0 saturated carbocycles. The minimum absolute atomic E-state index is 0.119. The lowest BCUT2D eigenvalue weighted by atomic mass is 9.88. The van der Waals surface area contributed by atoms with E-state index in [2.05, 4.69) is 0 Å². The summed E-state index contributed by atoms with van der Waals surface area (Å²) in [6.45, 7) is 3.38. The normalized spacial score (nSPS) is 19.0. The number of halogens is 3. The van der Waals surface area contributed by atoms with Crippen LogP contribution >= 0.6 is 0 Å². The molecule has 27 heavy (non-hydrogen) atoms. The van der Waals surface area contributed by atoms with Gasteiger partial charge < -0.3 is 9.64 Å². The Balaban J connectivity index is 2.25. The van der Waals surface area contributed by atoms with Gasteiger partial charge in [0.2, 0.25) is 12.3 Å².